The lowest BCUT2D eigenvalue weighted by Crippen LogP contribution is -2.57. The van der Waals surface area contributed by atoms with Crippen LogP contribution < -0.4 is 0 Å². The van der Waals surface area contributed by atoms with E-state index in [2.05, 4.69) is 63.0 Å². The molecule has 3 fully saturated rings. The van der Waals surface area contributed by atoms with Crippen LogP contribution in [-0.2, 0) is 14.0 Å². The van der Waals surface area contributed by atoms with Crippen molar-refractivity contribution in [3.63, 3.8) is 0 Å². The van der Waals surface area contributed by atoms with Crippen molar-refractivity contribution >= 4 is 14.1 Å². The molecule has 0 unspecified atom stereocenters. The molecule has 0 amide bonds. The summed E-state index contributed by atoms with van der Waals surface area (Å²) in [6.45, 7) is 14.0. The van der Waals surface area contributed by atoms with Crippen LogP contribution in [0.1, 0.15) is 72.6 Å². The quantitative estimate of drug-likeness (QED) is 0.214. The minimum Gasteiger partial charge on any atom is -0.413 e. The fourth-order valence-electron chi connectivity index (χ4n) is 7.14. The molecular weight excluding hydrogens is 418 g/mol. The lowest BCUT2D eigenvalue weighted by atomic mass is 9.60. The van der Waals surface area contributed by atoms with E-state index < -0.39 is 13.9 Å². The number of allylic oxidation sites excluding steroid dienone is 1. The number of ketones is 1. The summed E-state index contributed by atoms with van der Waals surface area (Å²) in [5.41, 5.74) is 10.1. The zero-order chi connectivity index (χ0) is 23.2. The Labute approximate surface area is 192 Å². The third-order valence-corrected chi connectivity index (χ3v) is 14.4. The van der Waals surface area contributed by atoms with Gasteiger partial charge in [-0.2, -0.15) is 0 Å². The smallest absolute Gasteiger partial charge is 0.192 e. The Morgan fingerprint density at radius 3 is 2.72 bits per heavy atom. The van der Waals surface area contributed by atoms with E-state index >= 15 is 0 Å². The average Bonchev–Trinajstić information content (AvgIpc) is 3.16. The van der Waals surface area contributed by atoms with E-state index in [1.165, 1.54) is 5.57 Å². The van der Waals surface area contributed by atoms with Crippen LogP contribution in [0.5, 0.6) is 0 Å². The van der Waals surface area contributed by atoms with E-state index in [9.17, 15) is 4.79 Å². The molecule has 0 aromatic heterocycles. The first-order valence-corrected chi connectivity index (χ1v) is 15.2. The van der Waals surface area contributed by atoms with Crippen LogP contribution in [0, 0.1) is 11.3 Å². The van der Waals surface area contributed by atoms with E-state index in [1.807, 2.05) is 0 Å². The summed E-state index contributed by atoms with van der Waals surface area (Å²) in [4.78, 5) is 16.0. The zero-order valence-electron chi connectivity index (χ0n) is 20.4. The van der Waals surface area contributed by atoms with Crippen LogP contribution in [0.3, 0.4) is 0 Å². The number of nitrogens with zero attached hydrogens (tertiary/aromatic N) is 3. The molecule has 7 heteroatoms. The van der Waals surface area contributed by atoms with Gasteiger partial charge in [-0.3, -0.25) is 4.79 Å². The Bertz CT molecular complexity index is 975. The molecule has 174 valence electrons. The largest absolute Gasteiger partial charge is 0.413 e. The number of azide groups is 1. The molecule has 6 atom stereocenters. The number of Topliss-reactive ketones (excluding diaryl/α,β-unsaturated/α-hetero) is 1. The first-order valence-electron chi connectivity index (χ1n) is 12.3. The molecule has 0 radical (unpaired) electrons. The van der Waals surface area contributed by atoms with E-state index in [-0.39, 0.29) is 34.0 Å². The summed E-state index contributed by atoms with van der Waals surface area (Å²) in [5.74, 6) is 0.473. The van der Waals surface area contributed by atoms with Gasteiger partial charge in [0.1, 0.15) is 0 Å². The van der Waals surface area contributed by atoms with Crippen LogP contribution in [0.4, 0.5) is 0 Å². The lowest BCUT2D eigenvalue weighted by Gasteiger charge is -2.54. The van der Waals surface area contributed by atoms with Crippen LogP contribution in [0.2, 0.25) is 18.1 Å². The Morgan fingerprint density at radius 2 is 2.03 bits per heavy atom. The fraction of sp³-hybridized carbons (Fsp3) is 0.800. The topological polar surface area (TPSA) is 84.3 Å². The second-order valence-electron chi connectivity index (χ2n) is 12.6. The third kappa shape index (κ3) is 2.90. The summed E-state index contributed by atoms with van der Waals surface area (Å²) >= 11 is 0. The second-order valence-corrected chi connectivity index (χ2v) is 17.4. The van der Waals surface area contributed by atoms with Gasteiger partial charge in [0.2, 0.25) is 0 Å². The second kappa shape index (κ2) is 6.81. The van der Waals surface area contributed by atoms with Gasteiger partial charge in [-0.05, 0) is 73.8 Å². The number of hydrogen-bond acceptors (Lipinski definition) is 4. The van der Waals surface area contributed by atoms with E-state index in [0.717, 1.165) is 37.7 Å². The molecule has 0 aromatic rings. The molecule has 32 heavy (non-hydrogen) atoms. The maximum Gasteiger partial charge on any atom is 0.192 e. The highest BCUT2D eigenvalue weighted by atomic mass is 28.4. The van der Waals surface area contributed by atoms with Gasteiger partial charge in [-0.1, -0.05) is 38.9 Å². The van der Waals surface area contributed by atoms with Crippen molar-refractivity contribution in [2.24, 2.45) is 16.4 Å². The molecule has 5 aliphatic rings. The predicted octanol–water partition coefficient (Wildman–Crippen LogP) is 6.39. The van der Waals surface area contributed by atoms with Crippen molar-refractivity contribution in [3.8, 4) is 0 Å². The number of fused-ring (bicyclic) bond motifs is 1. The zero-order valence-corrected chi connectivity index (χ0v) is 21.4. The first-order chi connectivity index (χ1) is 14.9. The van der Waals surface area contributed by atoms with Crippen molar-refractivity contribution in [1.29, 1.82) is 0 Å². The maximum atomic E-state index is 13.0. The summed E-state index contributed by atoms with van der Waals surface area (Å²) in [6, 6.07) is -0.307. The SMILES string of the molecule is CC(C)(C)[Si](C)(C)O[C@H]1CC[C@@H]2[C@]1(C)CC=C1C=C3C(=O)C[C@@H](N=[N+]=[N-])C[C@]34CC[C@@]12O4. The van der Waals surface area contributed by atoms with Crippen LogP contribution in [-0.4, -0.2) is 37.4 Å². The van der Waals surface area contributed by atoms with Gasteiger partial charge in [-0.25, -0.2) is 0 Å². The van der Waals surface area contributed by atoms with Gasteiger partial charge in [0.25, 0.3) is 0 Å². The van der Waals surface area contributed by atoms with Crippen LogP contribution in [0.15, 0.2) is 28.4 Å². The standard InChI is InChI=1S/C25H37N3O3Si/c1-22(2,3)32(5,6)30-21-8-7-20-23(21,4)10-9-16-13-18-19(29)14-17(27-28-26)15-24(18)11-12-25(16,20)31-24/h9,13,17,20-21H,7-8,10-12,14-15H2,1-6H3/t17-,20-,21+,23+,24-,25-/m1/s1. The van der Waals surface area contributed by atoms with Gasteiger partial charge in [0.05, 0.1) is 17.3 Å². The minimum atomic E-state index is -1.88. The molecule has 1 saturated heterocycles. The molecule has 2 aliphatic heterocycles. The van der Waals surface area contributed by atoms with Gasteiger partial charge in [0.15, 0.2) is 14.1 Å². The molecule has 0 aromatic carbocycles. The maximum absolute atomic E-state index is 13.0. The number of hydrogen-bond donors (Lipinski definition) is 0. The number of carbonyl (C=O) groups excluding carboxylic acids is 1. The lowest BCUT2D eigenvalue weighted by molar-refractivity contribution is -0.149. The molecule has 3 aliphatic carbocycles. The average molecular weight is 456 g/mol. The molecule has 2 saturated carbocycles. The third-order valence-electron chi connectivity index (χ3n) is 9.88. The Morgan fingerprint density at radius 1 is 1.28 bits per heavy atom. The molecule has 2 heterocycles. The van der Waals surface area contributed by atoms with Gasteiger partial charge in [-0.15, -0.1) is 0 Å². The number of ether oxygens (including phenoxy) is 1. The molecular formula is C25H37N3O3Si. The van der Waals surface area contributed by atoms with E-state index in [0.29, 0.717) is 18.8 Å². The van der Waals surface area contributed by atoms with E-state index in [1.54, 1.807) is 0 Å². The highest BCUT2D eigenvalue weighted by Gasteiger charge is 2.68. The minimum absolute atomic E-state index is 0.0405. The van der Waals surface area contributed by atoms with E-state index in [4.69, 9.17) is 14.7 Å². The Hall–Kier alpha value is -1.40. The van der Waals surface area contributed by atoms with Crippen LogP contribution in [0.25, 0.3) is 10.4 Å². The normalized spacial score (nSPS) is 42.9. The Kier molecular flexibility index (Phi) is 4.77. The molecule has 5 rings (SSSR count). The van der Waals surface area contributed by atoms with Gasteiger partial charge in [0, 0.05) is 34.3 Å². The summed E-state index contributed by atoms with van der Waals surface area (Å²) in [7, 11) is -1.88. The fourth-order valence-corrected chi connectivity index (χ4v) is 8.59. The molecule has 6 nitrogen and oxygen atoms in total. The molecule has 2 spiro atoms. The van der Waals surface area contributed by atoms with Crippen molar-refractivity contribution in [2.75, 3.05) is 0 Å². The Balaban J connectivity index is 1.51. The number of carbonyl (C=O) groups is 1. The predicted molar refractivity (Wildman–Crippen MR) is 127 cm³/mol. The summed E-state index contributed by atoms with van der Waals surface area (Å²) < 4.78 is 14.1. The van der Waals surface area contributed by atoms with Crippen molar-refractivity contribution in [3.05, 3.63) is 33.7 Å². The monoisotopic (exact) mass is 455 g/mol. The highest BCUT2D eigenvalue weighted by Crippen LogP contribution is 2.67. The summed E-state index contributed by atoms with van der Waals surface area (Å²) in [5, 5.41) is 4.10. The van der Waals surface area contributed by atoms with Crippen molar-refractivity contribution < 1.29 is 14.0 Å². The van der Waals surface area contributed by atoms with Crippen LogP contribution >= 0.6 is 0 Å². The summed E-state index contributed by atoms with van der Waals surface area (Å²) in [6.07, 6.45) is 10.6. The first kappa shape index (κ1) is 22.4. The van der Waals surface area contributed by atoms with Gasteiger partial charge < -0.3 is 9.16 Å². The van der Waals surface area contributed by atoms with Gasteiger partial charge >= 0.3 is 0 Å². The van der Waals surface area contributed by atoms with Crippen molar-refractivity contribution in [1.82, 2.24) is 0 Å². The molecule has 2 bridgehead atoms. The molecule has 0 N–H and O–H groups in total. The number of rotatable bonds is 3. The van der Waals surface area contributed by atoms with Crippen molar-refractivity contribution in [2.45, 2.75) is 114 Å². The highest BCUT2D eigenvalue weighted by molar-refractivity contribution is 6.74.